The van der Waals surface area contributed by atoms with Crippen LogP contribution in [0.2, 0.25) is 32.7 Å². The van der Waals surface area contributed by atoms with Gasteiger partial charge in [0.05, 0.1) is 11.1 Å². The molecule has 0 spiro atoms. The third kappa shape index (κ3) is 7.47. The Morgan fingerprint density at radius 2 is 1.32 bits per heavy atom. The molecule has 0 saturated carbocycles. The summed E-state index contributed by atoms with van der Waals surface area (Å²) in [7, 11) is -4.21. The summed E-state index contributed by atoms with van der Waals surface area (Å²) in [5.74, 6) is 0.291. The van der Waals surface area contributed by atoms with Crippen molar-refractivity contribution in [1.82, 2.24) is 19.5 Å². The first-order valence-corrected chi connectivity index (χ1v) is 26.1. The van der Waals surface area contributed by atoms with Crippen molar-refractivity contribution in [2.24, 2.45) is 0 Å². The fraction of sp³-hybridized carbons (Fsp3) is 0.354. The van der Waals surface area contributed by atoms with Gasteiger partial charge in [-0.3, -0.25) is 9.97 Å². The van der Waals surface area contributed by atoms with Crippen molar-refractivity contribution in [2.75, 3.05) is 0 Å². The number of fused-ring (bicyclic) bond motifs is 3. The van der Waals surface area contributed by atoms with Crippen LogP contribution in [0.4, 0.5) is 0 Å². The van der Waals surface area contributed by atoms with E-state index in [1.807, 2.05) is 12.3 Å². The number of imidazole rings is 1. The molecule has 1 aliphatic heterocycles. The number of hydrogen-bond acceptors (Lipinski definition) is 4. The molecule has 3 aromatic carbocycles. The second-order valence-electron chi connectivity index (χ2n) is 20.1. The fourth-order valence-electron chi connectivity index (χ4n) is 7.84. The van der Waals surface area contributed by atoms with Crippen molar-refractivity contribution in [3.05, 3.63) is 108 Å². The molecule has 7 rings (SSSR count). The Kier molecular flexibility index (Phi) is 10.6. The first-order chi connectivity index (χ1) is 25.5. The molecular weight excluding hydrogens is 900 g/mol. The normalized spacial score (nSPS) is 14.0. The number of benzene rings is 3. The zero-order valence-corrected chi connectivity index (χ0v) is 39.9. The topological polar surface area (TPSA) is 63.8 Å². The van der Waals surface area contributed by atoms with Gasteiger partial charge in [0.25, 0.3) is 0 Å². The Labute approximate surface area is 351 Å². The molecule has 0 radical (unpaired) electrons. The molecule has 1 N–H and O–H groups in total. The van der Waals surface area contributed by atoms with E-state index < -0.39 is 16.1 Å². The summed E-state index contributed by atoms with van der Waals surface area (Å²) in [6, 6.07) is 29.7. The molecule has 0 amide bonds. The molecule has 0 saturated heterocycles. The number of phenols is 1. The van der Waals surface area contributed by atoms with Gasteiger partial charge in [0.1, 0.15) is 21.9 Å². The summed E-state index contributed by atoms with van der Waals surface area (Å²) in [6.45, 7) is 32.0. The first kappa shape index (κ1) is 41.7. The third-order valence-corrected chi connectivity index (χ3v) is 16.2. The molecule has 6 aromatic rings. The number of phenolic OH excluding ortho intramolecular Hbond substituents is 1. The summed E-state index contributed by atoms with van der Waals surface area (Å²) in [4.78, 5) is 15.7. The number of nitrogens with zero attached hydrogens (tertiary/aromatic N) is 4. The van der Waals surface area contributed by atoms with E-state index in [1.54, 1.807) is 0 Å². The van der Waals surface area contributed by atoms with Gasteiger partial charge in [0.2, 0.25) is 0 Å². The van der Waals surface area contributed by atoms with Gasteiger partial charge in [-0.15, -0.1) is 23.8 Å². The molecule has 0 aliphatic carbocycles. The Morgan fingerprint density at radius 3 is 1.93 bits per heavy atom. The zero-order valence-electron chi connectivity index (χ0n) is 35.6. The maximum Gasteiger partial charge on any atom is 0.132 e. The summed E-state index contributed by atoms with van der Waals surface area (Å²) in [5, 5.41) is 14.8. The van der Waals surface area contributed by atoms with E-state index in [0.29, 0.717) is 5.75 Å². The van der Waals surface area contributed by atoms with Gasteiger partial charge in [-0.25, -0.2) is 4.98 Å². The molecule has 56 heavy (non-hydrogen) atoms. The minimum atomic E-state index is -2.34. The number of hydrogen-bond donors (Lipinski definition) is 1. The van der Waals surface area contributed by atoms with Crippen molar-refractivity contribution in [2.45, 2.75) is 111 Å². The average molecular weight is 957 g/mol. The van der Waals surface area contributed by atoms with Crippen LogP contribution in [0.15, 0.2) is 85.2 Å². The predicted octanol–water partition coefficient (Wildman–Crippen LogP) is 10.4. The van der Waals surface area contributed by atoms with E-state index in [0.717, 1.165) is 56.1 Å². The minimum Gasteiger partial charge on any atom is -0.507 e. The second kappa shape index (κ2) is 14.2. The predicted molar refractivity (Wildman–Crippen MR) is 237 cm³/mol. The average Bonchev–Trinajstić information content (AvgIpc) is 3.65. The van der Waals surface area contributed by atoms with Gasteiger partial charge in [-0.1, -0.05) is 149 Å². The Hall–Kier alpha value is -3.91. The minimum absolute atomic E-state index is 0. The van der Waals surface area contributed by atoms with Crippen LogP contribution in [0.3, 0.4) is 0 Å². The van der Waals surface area contributed by atoms with E-state index >= 15 is 0 Å². The molecule has 0 unspecified atom stereocenters. The maximum absolute atomic E-state index is 12.2. The van der Waals surface area contributed by atoms with E-state index in [2.05, 4.69) is 179 Å². The summed E-state index contributed by atoms with van der Waals surface area (Å²) >= 11 is 0. The number of pyridine rings is 2. The fourth-order valence-corrected chi connectivity index (χ4v) is 12.4. The molecule has 5 nitrogen and oxygen atoms in total. The molecule has 4 heterocycles. The molecule has 3 aromatic heterocycles. The van der Waals surface area contributed by atoms with Crippen LogP contribution in [0, 0.1) is 6.07 Å². The van der Waals surface area contributed by atoms with Crippen LogP contribution >= 0.6 is 0 Å². The van der Waals surface area contributed by atoms with Crippen molar-refractivity contribution < 1.29 is 26.2 Å². The van der Waals surface area contributed by atoms with Crippen molar-refractivity contribution in [3.63, 3.8) is 0 Å². The van der Waals surface area contributed by atoms with E-state index in [1.165, 1.54) is 27.1 Å². The van der Waals surface area contributed by atoms with E-state index in [9.17, 15) is 5.11 Å². The number of rotatable bonds is 5. The molecule has 8 heteroatoms. The second-order valence-corrected chi connectivity index (χ2v) is 29.3. The van der Waals surface area contributed by atoms with Crippen LogP contribution in [-0.2, 0) is 37.3 Å². The van der Waals surface area contributed by atoms with Crippen molar-refractivity contribution in [3.8, 4) is 56.3 Å². The van der Waals surface area contributed by atoms with Crippen LogP contribution in [0.5, 0.6) is 5.75 Å². The van der Waals surface area contributed by atoms with Crippen LogP contribution in [-0.4, -0.2) is 40.8 Å². The summed E-state index contributed by atoms with van der Waals surface area (Å²) in [6.07, 6.45) is 4.04. The zero-order chi connectivity index (χ0) is 40.0. The van der Waals surface area contributed by atoms with E-state index in [-0.39, 0.29) is 37.3 Å². The van der Waals surface area contributed by atoms with Crippen molar-refractivity contribution in [1.29, 1.82) is 0 Å². The number of aromatic nitrogens is 4. The summed E-state index contributed by atoms with van der Waals surface area (Å²) in [5.41, 5.74) is 12.5. The van der Waals surface area contributed by atoms with Gasteiger partial charge < -0.3 is 9.67 Å². The smallest absolute Gasteiger partial charge is 0.132 e. The van der Waals surface area contributed by atoms with Crippen LogP contribution in [0.1, 0.15) is 79.0 Å². The standard InChI is InChI=1S/C48H57N4OSi2.Pt/c1-46(2,3)34-23-32(38-25-31(20-21-49-38)30-18-16-15-17-19-30)22-33(24-34)42-44-40(52-41(55(44,13)14)29-50-45(52)54(10,11)12)28-39(51-42)36-26-35(47(4,5)6)27-37(43(36)53)48(7,8)9;/h15-21,23-29,53H,1-14H3;/q-1;. The third-order valence-electron chi connectivity index (χ3n) is 11.1. The van der Waals surface area contributed by atoms with Crippen molar-refractivity contribution >= 4 is 32.1 Å². The van der Waals surface area contributed by atoms with Gasteiger partial charge in [0, 0.05) is 67.0 Å². The van der Waals surface area contributed by atoms with Crippen LogP contribution < -0.4 is 16.0 Å². The van der Waals surface area contributed by atoms with Crippen LogP contribution in [0.25, 0.3) is 50.6 Å². The maximum atomic E-state index is 12.2. The molecule has 0 fully saturated rings. The van der Waals surface area contributed by atoms with Gasteiger partial charge >= 0.3 is 0 Å². The largest absolute Gasteiger partial charge is 0.507 e. The Balaban J connectivity index is 0.00000532. The first-order valence-electron chi connectivity index (χ1n) is 19.6. The molecular formula is C48H57N4OPtSi2-. The quantitative estimate of drug-likeness (QED) is 0.138. The Bertz CT molecular complexity index is 2460. The van der Waals surface area contributed by atoms with Gasteiger partial charge in [0.15, 0.2) is 0 Å². The number of aromatic hydroxyl groups is 1. The summed E-state index contributed by atoms with van der Waals surface area (Å²) < 4.78 is 2.47. The van der Waals surface area contributed by atoms with Gasteiger partial charge in [-0.2, -0.15) is 0 Å². The Morgan fingerprint density at radius 1 is 0.696 bits per heavy atom. The van der Waals surface area contributed by atoms with E-state index in [4.69, 9.17) is 15.0 Å². The van der Waals surface area contributed by atoms with Gasteiger partial charge in [-0.05, 0) is 56.3 Å². The monoisotopic (exact) mass is 956 g/mol. The molecule has 294 valence electrons. The molecule has 0 atom stereocenters. The molecule has 1 aliphatic rings. The SMILES string of the molecule is CC(C)(C)c1cc(-c2cc(-c3ccccc3)ccn2)[c-]c(-c2nc(-c3cc(C(C)(C)C)cc(C(C)(C)C)c3O)cc3c2[Si](C)(C)c2cnc([Si](C)(C)C)n2-3)c1.[Pt]. The molecule has 0 bridgehead atoms.